The summed E-state index contributed by atoms with van der Waals surface area (Å²) in [6.45, 7) is 0. The molecule has 0 atom stereocenters. The fourth-order valence-electron chi connectivity index (χ4n) is 4.45. The minimum atomic E-state index is -0.294. The molecule has 0 saturated heterocycles. The van der Waals surface area contributed by atoms with Gasteiger partial charge in [0.05, 0.1) is 0 Å². The van der Waals surface area contributed by atoms with Crippen molar-refractivity contribution in [1.29, 1.82) is 0 Å². The summed E-state index contributed by atoms with van der Waals surface area (Å²) in [6.07, 6.45) is 7.22. The van der Waals surface area contributed by atoms with Gasteiger partial charge >= 0.3 is 0 Å². The van der Waals surface area contributed by atoms with Gasteiger partial charge in [-0.15, -0.1) is 11.3 Å². The topological polar surface area (TPSA) is 48.1 Å². The number of fused-ring (bicyclic) bond motifs is 1. The van der Waals surface area contributed by atoms with E-state index in [9.17, 15) is 0 Å². The largest absolute Gasteiger partial charge is 0.378 e. The number of hydrogen-bond donors (Lipinski definition) is 1. The molecule has 0 spiro atoms. The molecule has 2 heterocycles. The van der Waals surface area contributed by atoms with Crippen LogP contribution in [0.2, 0.25) is 0 Å². The summed E-state index contributed by atoms with van der Waals surface area (Å²) < 4.78 is 0. The lowest BCUT2D eigenvalue weighted by atomic mass is 9.68. The molecule has 0 saturated carbocycles. The van der Waals surface area contributed by atoms with E-state index in [1.807, 2.05) is 11.6 Å². The number of thiazole rings is 1. The molecule has 4 aromatic rings. The number of anilines is 2. The molecule has 0 bridgehead atoms. The number of aromatic amines is 1. The maximum absolute atomic E-state index is 4.64. The van der Waals surface area contributed by atoms with Crippen molar-refractivity contribution in [3.05, 3.63) is 88.6 Å². The van der Waals surface area contributed by atoms with E-state index in [1.165, 1.54) is 22.5 Å². The highest BCUT2D eigenvalue weighted by molar-refractivity contribution is 7.13. The highest BCUT2D eigenvalue weighted by Gasteiger charge is 2.37. The molecule has 162 valence electrons. The molecule has 6 heteroatoms. The summed E-state index contributed by atoms with van der Waals surface area (Å²) in [4.78, 5) is 8.78. The van der Waals surface area contributed by atoms with Crippen molar-refractivity contribution < 1.29 is 0 Å². The van der Waals surface area contributed by atoms with Crippen LogP contribution in [0.4, 0.5) is 11.4 Å². The predicted octanol–water partition coefficient (Wildman–Crippen LogP) is 5.22. The molecule has 0 aliphatic heterocycles. The molecule has 2 aromatic heterocycles. The molecule has 5 nitrogen and oxygen atoms in total. The fraction of sp³-hybridized carbons (Fsp3) is 0.231. The molecule has 5 rings (SSSR count). The van der Waals surface area contributed by atoms with E-state index < -0.39 is 0 Å². The summed E-state index contributed by atoms with van der Waals surface area (Å²) in [5.41, 5.74) is 7.85. The van der Waals surface area contributed by atoms with E-state index >= 15 is 0 Å². The van der Waals surface area contributed by atoms with E-state index in [2.05, 4.69) is 114 Å². The van der Waals surface area contributed by atoms with Crippen LogP contribution in [-0.2, 0) is 11.8 Å². The summed E-state index contributed by atoms with van der Waals surface area (Å²) in [5.74, 6) is 0. The molecule has 2 aromatic carbocycles. The number of hydrogen-bond acceptors (Lipinski definition) is 5. The van der Waals surface area contributed by atoms with Crippen LogP contribution in [-0.4, -0.2) is 43.4 Å². The first-order chi connectivity index (χ1) is 15.5. The quantitative estimate of drug-likeness (QED) is 0.461. The number of nitrogens with zero attached hydrogens (tertiary/aromatic N) is 4. The van der Waals surface area contributed by atoms with Gasteiger partial charge in [0.25, 0.3) is 0 Å². The Morgan fingerprint density at radius 1 is 0.938 bits per heavy atom. The second kappa shape index (κ2) is 7.95. The first kappa shape index (κ1) is 20.5. The van der Waals surface area contributed by atoms with Crippen molar-refractivity contribution in [1.82, 2.24) is 15.2 Å². The third-order valence-electron chi connectivity index (χ3n) is 6.26. The third-order valence-corrected chi connectivity index (χ3v) is 7.04. The van der Waals surface area contributed by atoms with Crippen LogP contribution in [0.15, 0.2) is 66.2 Å². The fourth-order valence-corrected chi connectivity index (χ4v) is 5.09. The summed E-state index contributed by atoms with van der Waals surface area (Å²) >= 11 is 1.62. The van der Waals surface area contributed by atoms with Crippen molar-refractivity contribution in [3.63, 3.8) is 0 Å². The van der Waals surface area contributed by atoms with Crippen LogP contribution in [0.25, 0.3) is 16.8 Å². The molecule has 0 amide bonds. The van der Waals surface area contributed by atoms with Crippen LogP contribution in [0.1, 0.15) is 22.4 Å². The second-order valence-corrected chi connectivity index (χ2v) is 9.57. The van der Waals surface area contributed by atoms with E-state index in [4.69, 9.17) is 0 Å². The molecular weight excluding hydrogens is 414 g/mol. The van der Waals surface area contributed by atoms with Gasteiger partial charge in [0.2, 0.25) is 0 Å². The Morgan fingerprint density at radius 2 is 1.59 bits per heavy atom. The lowest BCUT2D eigenvalue weighted by Gasteiger charge is -2.35. The monoisotopic (exact) mass is 441 g/mol. The number of aromatic nitrogens is 3. The standard InChI is InChI=1S/C26H27N5S/c1-30(2)20-9-5-7-18(15-20)26(19-8-6-10-21(16-19)31(3)4)12-11-22-23(17-26)28-29-24(22)25-27-13-14-32-25/h5-16H,17H2,1-4H3,(H,28,29). The molecule has 0 fully saturated rings. The number of allylic oxidation sites excluding steroid dienone is 1. The minimum Gasteiger partial charge on any atom is -0.378 e. The van der Waals surface area contributed by atoms with Gasteiger partial charge in [0, 0.05) is 74.2 Å². The maximum atomic E-state index is 4.64. The van der Waals surface area contributed by atoms with E-state index in [0.717, 1.165) is 28.4 Å². The highest BCUT2D eigenvalue weighted by Crippen LogP contribution is 2.44. The average molecular weight is 442 g/mol. The van der Waals surface area contributed by atoms with E-state index in [-0.39, 0.29) is 5.41 Å². The number of rotatable bonds is 5. The van der Waals surface area contributed by atoms with Crippen molar-refractivity contribution in [2.45, 2.75) is 11.8 Å². The Labute approximate surface area is 193 Å². The van der Waals surface area contributed by atoms with Crippen LogP contribution in [0, 0.1) is 0 Å². The maximum Gasteiger partial charge on any atom is 0.144 e. The zero-order chi connectivity index (χ0) is 22.3. The van der Waals surface area contributed by atoms with Gasteiger partial charge in [-0.1, -0.05) is 36.4 Å². The van der Waals surface area contributed by atoms with Gasteiger partial charge in [-0.25, -0.2) is 4.98 Å². The summed E-state index contributed by atoms with van der Waals surface area (Å²) in [7, 11) is 8.34. The van der Waals surface area contributed by atoms with Crippen LogP contribution in [0.3, 0.4) is 0 Å². The Morgan fingerprint density at radius 3 is 2.16 bits per heavy atom. The lowest BCUT2D eigenvalue weighted by molar-refractivity contribution is 0.620. The van der Waals surface area contributed by atoms with Crippen molar-refractivity contribution in [3.8, 4) is 10.7 Å². The van der Waals surface area contributed by atoms with Gasteiger partial charge < -0.3 is 9.80 Å². The molecule has 0 unspecified atom stereocenters. The lowest BCUT2D eigenvalue weighted by Crippen LogP contribution is -2.31. The molecule has 32 heavy (non-hydrogen) atoms. The van der Waals surface area contributed by atoms with Gasteiger partial charge in [-0.05, 0) is 35.4 Å². The molecule has 0 radical (unpaired) electrons. The number of H-pyrrole nitrogens is 1. The first-order valence-electron chi connectivity index (χ1n) is 10.7. The van der Waals surface area contributed by atoms with Crippen LogP contribution in [0.5, 0.6) is 0 Å². The van der Waals surface area contributed by atoms with Crippen LogP contribution < -0.4 is 9.80 Å². The Kier molecular flexibility index (Phi) is 5.10. The Balaban J connectivity index is 1.69. The highest BCUT2D eigenvalue weighted by atomic mass is 32.1. The summed E-state index contributed by atoms with van der Waals surface area (Å²) in [6, 6.07) is 17.7. The third kappa shape index (κ3) is 3.41. The predicted molar refractivity (Wildman–Crippen MR) is 135 cm³/mol. The second-order valence-electron chi connectivity index (χ2n) is 8.67. The van der Waals surface area contributed by atoms with Crippen molar-refractivity contribution in [2.24, 2.45) is 0 Å². The molecule has 1 aliphatic rings. The molecular formula is C26H27N5S. The Hall–Kier alpha value is -3.38. The van der Waals surface area contributed by atoms with E-state index in [1.54, 1.807) is 11.3 Å². The first-order valence-corrected chi connectivity index (χ1v) is 11.6. The smallest absolute Gasteiger partial charge is 0.144 e. The van der Waals surface area contributed by atoms with Crippen molar-refractivity contribution >= 4 is 28.8 Å². The molecule has 1 aliphatic carbocycles. The molecule has 1 N–H and O–H groups in total. The zero-order valence-corrected chi connectivity index (χ0v) is 19.6. The SMILES string of the molecule is CN(C)c1cccc(C2(c3cccc(N(C)C)c3)C=Cc3c(-c4nccs4)n[nH]c3C2)c1. The van der Waals surface area contributed by atoms with Gasteiger partial charge in [0.15, 0.2) is 0 Å². The minimum absolute atomic E-state index is 0.294. The van der Waals surface area contributed by atoms with Gasteiger partial charge in [0.1, 0.15) is 10.7 Å². The summed E-state index contributed by atoms with van der Waals surface area (Å²) in [5, 5.41) is 10.9. The normalized spacial score (nSPS) is 14.2. The zero-order valence-electron chi connectivity index (χ0n) is 18.8. The van der Waals surface area contributed by atoms with Gasteiger partial charge in [-0.2, -0.15) is 5.10 Å². The number of nitrogens with one attached hydrogen (secondary N) is 1. The Bertz CT molecular complexity index is 1220. The van der Waals surface area contributed by atoms with Gasteiger partial charge in [-0.3, -0.25) is 5.10 Å². The van der Waals surface area contributed by atoms with E-state index in [0.29, 0.717) is 0 Å². The van der Waals surface area contributed by atoms with Crippen molar-refractivity contribution in [2.75, 3.05) is 38.0 Å². The number of benzene rings is 2. The van der Waals surface area contributed by atoms with Crippen LogP contribution >= 0.6 is 11.3 Å². The average Bonchev–Trinajstić information content (AvgIpc) is 3.48.